The van der Waals surface area contributed by atoms with Crippen molar-refractivity contribution in [3.63, 3.8) is 0 Å². The first-order chi connectivity index (χ1) is 14.6. The number of anilines is 1. The van der Waals surface area contributed by atoms with Crippen LogP contribution in [0, 0.1) is 12.8 Å². The average molecular weight is 439 g/mol. The number of benzene rings is 1. The molecule has 1 aliphatic rings. The second kappa shape index (κ2) is 7.40. The number of Topliss-reactive ketones (excluding diaryl/α,β-unsaturated/α-hetero) is 1. The minimum atomic E-state index is -1.50. The number of nitrogens with zero attached hydrogens (tertiary/aromatic N) is 1. The Labute approximate surface area is 184 Å². The van der Waals surface area contributed by atoms with E-state index in [9.17, 15) is 9.59 Å². The van der Waals surface area contributed by atoms with Gasteiger partial charge < -0.3 is 21.9 Å². The van der Waals surface area contributed by atoms with Gasteiger partial charge >= 0.3 is 5.97 Å². The molecule has 0 amide bonds. The van der Waals surface area contributed by atoms with Gasteiger partial charge in [0, 0.05) is 34.1 Å². The van der Waals surface area contributed by atoms with E-state index < -0.39 is 23.3 Å². The molecular weight excluding hydrogens is 412 g/mol. The van der Waals surface area contributed by atoms with Crippen molar-refractivity contribution in [2.45, 2.75) is 38.8 Å². The summed E-state index contributed by atoms with van der Waals surface area (Å²) in [5.41, 5.74) is 21.9. The third-order valence-electron chi connectivity index (χ3n) is 5.89. The first-order valence-electron chi connectivity index (χ1n) is 10.1. The molecule has 0 spiro atoms. The van der Waals surface area contributed by atoms with E-state index in [1.54, 1.807) is 18.3 Å². The summed E-state index contributed by atoms with van der Waals surface area (Å²) < 4.78 is 5.59. The maximum absolute atomic E-state index is 13.7. The summed E-state index contributed by atoms with van der Waals surface area (Å²) in [5.74, 6) is -0.488. The van der Waals surface area contributed by atoms with E-state index in [-0.39, 0.29) is 4.88 Å². The number of aromatic nitrogens is 1. The fourth-order valence-electron chi connectivity index (χ4n) is 4.46. The lowest BCUT2D eigenvalue weighted by atomic mass is 9.70. The van der Waals surface area contributed by atoms with Crippen LogP contribution in [-0.2, 0) is 21.5 Å². The number of nitrogens with two attached hydrogens (primary N) is 3. The van der Waals surface area contributed by atoms with Gasteiger partial charge in [-0.3, -0.25) is 9.78 Å². The van der Waals surface area contributed by atoms with E-state index in [2.05, 4.69) is 18.8 Å². The molecule has 6 N–H and O–H groups in total. The SMILES string of the molecule is COC(=O)c1sc2c(N)ccc3c2c1C(N)C(=O)C3(N)c1cnc(CC(C)C)cc1C. The van der Waals surface area contributed by atoms with Crippen LogP contribution in [0.4, 0.5) is 5.69 Å². The van der Waals surface area contributed by atoms with Gasteiger partial charge in [0.05, 0.1) is 17.9 Å². The molecule has 0 saturated carbocycles. The number of ether oxygens (including phenoxy) is 1. The number of carbonyl (C=O) groups is 2. The summed E-state index contributed by atoms with van der Waals surface area (Å²) in [7, 11) is 1.29. The van der Waals surface area contributed by atoms with E-state index in [4.69, 9.17) is 21.9 Å². The molecule has 3 aromatic rings. The Hall–Kier alpha value is -2.81. The van der Waals surface area contributed by atoms with Crippen molar-refractivity contribution in [3.8, 4) is 0 Å². The Morgan fingerprint density at radius 1 is 1.32 bits per heavy atom. The fraction of sp³-hybridized carbons (Fsp3) is 0.348. The predicted molar refractivity (Wildman–Crippen MR) is 122 cm³/mol. The predicted octanol–water partition coefficient (Wildman–Crippen LogP) is 2.96. The molecule has 4 rings (SSSR count). The maximum Gasteiger partial charge on any atom is 0.348 e. The second-order valence-corrected chi connectivity index (χ2v) is 9.50. The van der Waals surface area contributed by atoms with Crippen LogP contribution in [0.25, 0.3) is 10.1 Å². The van der Waals surface area contributed by atoms with Gasteiger partial charge in [-0.2, -0.15) is 0 Å². The number of rotatable bonds is 4. The lowest BCUT2D eigenvalue weighted by Gasteiger charge is -2.37. The molecule has 1 aliphatic carbocycles. The Kier molecular flexibility index (Phi) is 5.12. The number of hydrogen-bond donors (Lipinski definition) is 3. The van der Waals surface area contributed by atoms with Crippen LogP contribution < -0.4 is 17.2 Å². The van der Waals surface area contributed by atoms with Crippen molar-refractivity contribution in [3.05, 3.63) is 57.2 Å². The minimum Gasteiger partial charge on any atom is -0.465 e. The maximum atomic E-state index is 13.7. The molecule has 8 heteroatoms. The number of hydrogen-bond acceptors (Lipinski definition) is 8. The van der Waals surface area contributed by atoms with Crippen molar-refractivity contribution < 1.29 is 14.3 Å². The van der Waals surface area contributed by atoms with Crippen molar-refractivity contribution in [1.29, 1.82) is 0 Å². The lowest BCUT2D eigenvalue weighted by molar-refractivity contribution is -0.124. The average Bonchev–Trinajstić information content (AvgIpc) is 3.12. The number of aryl methyl sites for hydroxylation is 1. The van der Waals surface area contributed by atoms with Gasteiger partial charge in [-0.25, -0.2) is 4.79 Å². The van der Waals surface area contributed by atoms with Crippen LogP contribution in [-0.4, -0.2) is 23.8 Å². The van der Waals surface area contributed by atoms with Crippen LogP contribution in [0.5, 0.6) is 0 Å². The molecule has 2 heterocycles. The first-order valence-corrected chi connectivity index (χ1v) is 10.9. The van der Waals surface area contributed by atoms with Crippen molar-refractivity contribution in [2.75, 3.05) is 12.8 Å². The van der Waals surface area contributed by atoms with Gasteiger partial charge in [0.1, 0.15) is 10.4 Å². The minimum absolute atomic E-state index is 0.279. The molecule has 0 aliphatic heterocycles. The number of pyridine rings is 1. The summed E-state index contributed by atoms with van der Waals surface area (Å²) in [6.45, 7) is 6.17. The standard InChI is InChI=1S/C23H26N4O3S/c1-10(2)7-12-8-11(3)14(9-27-12)23(26)13-5-6-15(24)19-16(13)17(18(25)21(23)28)20(31-19)22(29)30-4/h5-6,8-10,18H,7,24-26H2,1-4H3. The summed E-state index contributed by atoms with van der Waals surface area (Å²) in [5, 5.41) is 0.658. The molecule has 7 nitrogen and oxygen atoms in total. The van der Waals surface area contributed by atoms with E-state index >= 15 is 0 Å². The Bertz CT molecular complexity index is 1230. The van der Waals surface area contributed by atoms with Gasteiger partial charge in [0.25, 0.3) is 0 Å². The quantitative estimate of drug-likeness (QED) is 0.421. The van der Waals surface area contributed by atoms with Crippen molar-refractivity contribution in [2.24, 2.45) is 17.4 Å². The summed E-state index contributed by atoms with van der Waals surface area (Å²) >= 11 is 1.17. The Morgan fingerprint density at radius 3 is 2.65 bits per heavy atom. The number of ketones is 1. The molecule has 2 unspecified atom stereocenters. The highest BCUT2D eigenvalue weighted by Gasteiger charge is 2.49. The molecule has 1 aromatic carbocycles. The zero-order valence-electron chi connectivity index (χ0n) is 18.0. The number of thiophene rings is 1. The van der Waals surface area contributed by atoms with Crippen LogP contribution in [0.15, 0.2) is 24.4 Å². The Morgan fingerprint density at radius 2 is 2.03 bits per heavy atom. The van der Waals surface area contributed by atoms with Crippen LogP contribution in [0.2, 0.25) is 0 Å². The number of esters is 1. The molecule has 2 atom stereocenters. The van der Waals surface area contributed by atoms with Gasteiger partial charge in [0.2, 0.25) is 0 Å². The third-order valence-corrected chi connectivity index (χ3v) is 7.13. The van der Waals surface area contributed by atoms with Crippen LogP contribution in [0.3, 0.4) is 0 Å². The normalized spacial score (nSPS) is 20.5. The number of carbonyl (C=O) groups excluding carboxylic acids is 2. The highest BCUT2D eigenvalue weighted by Crippen LogP contribution is 2.49. The molecule has 2 aromatic heterocycles. The highest BCUT2D eigenvalue weighted by molar-refractivity contribution is 7.21. The smallest absolute Gasteiger partial charge is 0.348 e. The zero-order chi connectivity index (χ0) is 22.7. The van der Waals surface area contributed by atoms with E-state index in [1.165, 1.54) is 18.4 Å². The fourth-order valence-corrected chi connectivity index (χ4v) is 5.68. The summed E-state index contributed by atoms with van der Waals surface area (Å²) in [6.07, 6.45) is 2.51. The lowest BCUT2D eigenvalue weighted by Crippen LogP contribution is -2.53. The van der Waals surface area contributed by atoms with E-state index in [1.807, 2.05) is 13.0 Å². The third kappa shape index (κ3) is 3.05. The number of methoxy groups -OCH3 is 1. The topological polar surface area (TPSA) is 134 Å². The molecule has 162 valence electrons. The molecule has 0 saturated heterocycles. The van der Waals surface area contributed by atoms with Crippen molar-refractivity contribution >= 4 is 38.9 Å². The largest absolute Gasteiger partial charge is 0.465 e. The Balaban J connectivity index is 2.02. The van der Waals surface area contributed by atoms with E-state index in [0.29, 0.717) is 38.4 Å². The van der Waals surface area contributed by atoms with Gasteiger partial charge in [-0.15, -0.1) is 11.3 Å². The van der Waals surface area contributed by atoms with Crippen molar-refractivity contribution in [1.82, 2.24) is 4.98 Å². The monoisotopic (exact) mass is 438 g/mol. The van der Waals surface area contributed by atoms with Gasteiger partial charge in [-0.05, 0) is 42.5 Å². The molecule has 0 radical (unpaired) electrons. The highest BCUT2D eigenvalue weighted by atomic mass is 32.1. The number of nitrogen functional groups attached to an aromatic ring is 1. The molecule has 31 heavy (non-hydrogen) atoms. The van der Waals surface area contributed by atoms with Crippen LogP contribution in [0.1, 0.15) is 57.5 Å². The molecule has 0 bridgehead atoms. The van der Waals surface area contributed by atoms with Gasteiger partial charge in [0.15, 0.2) is 5.78 Å². The molecule has 0 fully saturated rings. The summed E-state index contributed by atoms with van der Waals surface area (Å²) in [6, 6.07) is 4.35. The zero-order valence-corrected chi connectivity index (χ0v) is 18.8. The van der Waals surface area contributed by atoms with E-state index in [0.717, 1.165) is 17.7 Å². The molecular formula is C23H26N4O3S. The first kappa shape index (κ1) is 21.4. The summed E-state index contributed by atoms with van der Waals surface area (Å²) in [4.78, 5) is 30.9. The second-order valence-electron chi connectivity index (χ2n) is 8.48. The van der Waals surface area contributed by atoms with Gasteiger partial charge in [-0.1, -0.05) is 19.9 Å². The van der Waals surface area contributed by atoms with Crippen LogP contribution >= 0.6 is 11.3 Å².